The fraction of sp³-hybridized carbons (Fsp3) is 0.792. The first-order valence-electron chi connectivity index (χ1n) is 11.8. The summed E-state index contributed by atoms with van der Waals surface area (Å²) in [6, 6.07) is -0.629. The van der Waals surface area contributed by atoms with Crippen LogP contribution in [0.5, 0.6) is 0 Å². The van der Waals surface area contributed by atoms with Crippen LogP contribution < -0.4 is 5.32 Å². The number of rotatable bonds is 7. The van der Waals surface area contributed by atoms with Gasteiger partial charge in [0.2, 0.25) is 17.7 Å². The van der Waals surface area contributed by atoms with Gasteiger partial charge in [0.15, 0.2) is 0 Å². The number of ether oxygens (including phenoxy) is 1. The lowest BCUT2D eigenvalue weighted by molar-refractivity contribution is -0.155. The SMILES string of the molecule is CCOC1CC(NC(=O)C(CC(C)C)N2C(=O)C3CC=CCC3C2=O)C12CCCC2. The van der Waals surface area contributed by atoms with Crippen LogP contribution in [0, 0.1) is 23.2 Å². The summed E-state index contributed by atoms with van der Waals surface area (Å²) in [5.74, 6) is -0.865. The number of hydrogen-bond donors (Lipinski definition) is 1. The molecule has 6 nitrogen and oxygen atoms in total. The van der Waals surface area contributed by atoms with Gasteiger partial charge in [0.05, 0.1) is 17.9 Å². The Bertz CT molecular complexity index is 699. The molecule has 5 atom stereocenters. The molecule has 0 radical (unpaired) electrons. The molecule has 5 unspecified atom stereocenters. The van der Waals surface area contributed by atoms with Gasteiger partial charge >= 0.3 is 0 Å². The second kappa shape index (κ2) is 8.45. The molecule has 4 rings (SSSR count). The number of likely N-dealkylation sites (tertiary alicyclic amines) is 1. The molecule has 2 saturated carbocycles. The normalized spacial score (nSPS) is 33.1. The molecule has 3 amide bonds. The molecule has 30 heavy (non-hydrogen) atoms. The summed E-state index contributed by atoms with van der Waals surface area (Å²) in [7, 11) is 0. The van der Waals surface area contributed by atoms with Gasteiger partial charge in [0.25, 0.3) is 0 Å². The quantitative estimate of drug-likeness (QED) is 0.511. The molecule has 4 aliphatic rings. The van der Waals surface area contributed by atoms with Crippen LogP contribution >= 0.6 is 0 Å². The van der Waals surface area contributed by atoms with E-state index in [2.05, 4.69) is 5.32 Å². The highest BCUT2D eigenvalue weighted by atomic mass is 16.5. The summed E-state index contributed by atoms with van der Waals surface area (Å²) >= 11 is 0. The number of imide groups is 1. The Hall–Kier alpha value is -1.69. The molecule has 3 fully saturated rings. The summed E-state index contributed by atoms with van der Waals surface area (Å²) in [6.45, 7) is 6.78. The molecule has 1 saturated heterocycles. The number of allylic oxidation sites excluding steroid dienone is 2. The van der Waals surface area contributed by atoms with Crippen LogP contribution in [0.2, 0.25) is 0 Å². The zero-order chi connectivity index (χ0) is 21.5. The molecular formula is C24H36N2O4. The van der Waals surface area contributed by atoms with Crippen LogP contribution in [0.3, 0.4) is 0 Å². The molecule has 1 spiro atoms. The topological polar surface area (TPSA) is 75.7 Å². The lowest BCUT2D eigenvalue weighted by Gasteiger charge is -2.54. The van der Waals surface area contributed by atoms with Crippen LogP contribution in [0.25, 0.3) is 0 Å². The number of fused-ring (bicyclic) bond motifs is 1. The fourth-order valence-electron chi connectivity index (χ4n) is 6.27. The lowest BCUT2D eigenvalue weighted by Crippen LogP contribution is -2.65. The maximum absolute atomic E-state index is 13.5. The van der Waals surface area contributed by atoms with Gasteiger partial charge in [-0.1, -0.05) is 38.8 Å². The first-order valence-corrected chi connectivity index (χ1v) is 11.8. The molecule has 166 valence electrons. The highest BCUT2D eigenvalue weighted by Crippen LogP contribution is 2.54. The van der Waals surface area contributed by atoms with Crippen molar-refractivity contribution in [2.45, 2.75) is 90.3 Å². The molecule has 1 aliphatic heterocycles. The third kappa shape index (κ3) is 3.51. The van der Waals surface area contributed by atoms with Gasteiger partial charge in [-0.3, -0.25) is 19.3 Å². The van der Waals surface area contributed by atoms with E-state index in [0.29, 0.717) is 25.9 Å². The first kappa shape index (κ1) is 21.5. The van der Waals surface area contributed by atoms with Crippen LogP contribution in [-0.4, -0.2) is 47.4 Å². The van der Waals surface area contributed by atoms with E-state index in [-0.39, 0.29) is 53.0 Å². The fourth-order valence-corrected chi connectivity index (χ4v) is 6.27. The Morgan fingerprint density at radius 3 is 2.30 bits per heavy atom. The molecule has 3 aliphatic carbocycles. The minimum Gasteiger partial charge on any atom is -0.378 e. The number of carbonyl (C=O) groups excluding carboxylic acids is 3. The van der Waals surface area contributed by atoms with Gasteiger partial charge in [-0.2, -0.15) is 0 Å². The van der Waals surface area contributed by atoms with Gasteiger partial charge < -0.3 is 10.1 Å². The molecule has 0 aromatic carbocycles. The molecule has 6 heteroatoms. The number of amides is 3. The zero-order valence-corrected chi connectivity index (χ0v) is 18.6. The third-order valence-corrected chi connectivity index (χ3v) is 7.85. The second-order valence-electron chi connectivity index (χ2n) is 10.0. The molecule has 1 heterocycles. The molecule has 0 bridgehead atoms. The number of nitrogens with one attached hydrogen (secondary N) is 1. The average Bonchev–Trinajstić information content (AvgIpc) is 3.32. The van der Waals surface area contributed by atoms with E-state index >= 15 is 0 Å². The van der Waals surface area contributed by atoms with Crippen molar-refractivity contribution in [3.05, 3.63) is 12.2 Å². The van der Waals surface area contributed by atoms with E-state index in [9.17, 15) is 14.4 Å². The van der Waals surface area contributed by atoms with Gasteiger partial charge in [0.1, 0.15) is 6.04 Å². The Morgan fingerprint density at radius 2 is 1.77 bits per heavy atom. The summed E-state index contributed by atoms with van der Waals surface area (Å²) in [5, 5.41) is 3.26. The van der Waals surface area contributed by atoms with Crippen LogP contribution in [0.4, 0.5) is 0 Å². The Balaban J connectivity index is 1.51. The number of carbonyl (C=O) groups is 3. The lowest BCUT2D eigenvalue weighted by atomic mass is 9.60. The van der Waals surface area contributed by atoms with Crippen molar-refractivity contribution in [2.75, 3.05) is 6.61 Å². The minimum absolute atomic E-state index is 0.0327. The smallest absolute Gasteiger partial charge is 0.243 e. The van der Waals surface area contributed by atoms with Crippen LogP contribution in [0.15, 0.2) is 12.2 Å². The highest BCUT2D eigenvalue weighted by Gasteiger charge is 2.58. The van der Waals surface area contributed by atoms with E-state index < -0.39 is 6.04 Å². The summed E-state index contributed by atoms with van der Waals surface area (Å²) < 4.78 is 5.97. The van der Waals surface area contributed by atoms with Crippen molar-refractivity contribution in [1.82, 2.24) is 10.2 Å². The van der Waals surface area contributed by atoms with Gasteiger partial charge in [-0.05, 0) is 51.4 Å². The van der Waals surface area contributed by atoms with Crippen LogP contribution in [-0.2, 0) is 19.1 Å². The standard InChI is InChI=1S/C24H36N2O4/c1-4-30-20-14-19(24(20)11-7-8-12-24)25-21(27)18(13-15(2)3)26-22(28)16-9-5-6-10-17(16)23(26)29/h5-6,15-20H,4,7-14H2,1-3H3,(H,25,27). The second-order valence-corrected chi connectivity index (χ2v) is 10.0. The van der Waals surface area contributed by atoms with Crippen LogP contribution in [0.1, 0.15) is 72.1 Å². The molecule has 1 N–H and O–H groups in total. The summed E-state index contributed by atoms with van der Waals surface area (Å²) in [6.07, 6.45) is 11.2. The Kier molecular flexibility index (Phi) is 6.06. The zero-order valence-electron chi connectivity index (χ0n) is 18.6. The number of hydrogen-bond acceptors (Lipinski definition) is 4. The molecular weight excluding hydrogens is 380 g/mol. The molecule has 0 aromatic heterocycles. The van der Waals surface area contributed by atoms with Crippen molar-refractivity contribution < 1.29 is 19.1 Å². The summed E-state index contributed by atoms with van der Waals surface area (Å²) in [4.78, 5) is 41.0. The van der Waals surface area contributed by atoms with E-state index in [4.69, 9.17) is 4.74 Å². The maximum Gasteiger partial charge on any atom is 0.243 e. The number of nitrogens with zero attached hydrogens (tertiary/aromatic N) is 1. The summed E-state index contributed by atoms with van der Waals surface area (Å²) in [5.41, 5.74) is 0.0327. The Labute approximate surface area is 179 Å². The van der Waals surface area contributed by atoms with Gasteiger partial charge in [-0.25, -0.2) is 0 Å². The predicted molar refractivity (Wildman–Crippen MR) is 113 cm³/mol. The van der Waals surface area contributed by atoms with Crippen molar-refractivity contribution in [1.29, 1.82) is 0 Å². The van der Waals surface area contributed by atoms with Gasteiger partial charge in [0, 0.05) is 18.1 Å². The Morgan fingerprint density at radius 1 is 1.17 bits per heavy atom. The van der Waals surface area contributed by atoms with E-state index in [1.54, 1.807) is 0 Å². The monoisotopic (exact) mass is 416 g/mol. The maximum atomic E-state index is 13.5. The predicted octanol–water partition coefficient (Wildman–Crippen LogP) is 3.21. The van der Waals surface area contributed by atoms with E-state index in [1.807, 2.05) is 32.9 Å². The van der Waals surface area contributed by atoms with Crippen molar-refractivity contribution in [2.24, 2.45) is 23.2 Å². The van der Waals surface area contributed by atoms with E-state index in [0.717, 1.165) is 19.3 Å². The van der Waals surface area contributed by atoms with Crippen molar-refractivity contribution in [3.63, 3.8) is 0 Å². The third-order valence-electron chi connectivity index (χ3n) is 7.85. The molecule has 0 aromatic rings. The van der Waals surface area contributed by atoms with Crippen molar-refractivity contribution >= 4 is 17.7 Å². The highest BCUT2D eigenvalue weighted by molar-refractivity contribution is 6.08. The average molecular weight is 417 g/mol. The minimum atomic E-state index is -0.708. The van der Waals surface area contributed by atoms with E-state index in [1.165, 1.54) is 17.7 Å². The van der Waals surface area contributed by atoms with Gasteiger partial charge in [-0.15, -0.1) is 0 Å². The van der Waals surface area contributed by atoms with Crippen molar-refractivity contribution in [3.8, 4) is 0 Å². The first-order chi connectivity index (χ1) is 14.4. The largest absolute Gasteiger partial charge is 0.378 e.